The van der Waals surface area contributed by atoms with Crippen molar-refractivity contribution in [1.29, 1.82) is 0 Å². The van der Waals surface area contributed by atoms with Crippen molar-refractivity contribution in [2.75, 3.05) is 10.9 Å². The van der Waals surface area contributed by atoms with Crippen LogP contribution in [0.1, 0.15) is 43.4 Å². The van der Waals surface area contributed by atoms with Gasteiger partial charge in [-0.1, -0.05) is 49.7 Å². The molecule has 3 aromatic rings. The minimum Gasteiger partial charge on any atom is -0.492 e. The Hall–Kier alpha value is -2.64. The summed E-state index contributed by atoms with van der Waals surface area (Å²) in [7, 11) is -4.06. The Morgan fingerprint density at radius 2 is 1.53 bits per heavy atom. The van der Waals surface area contributed by atoms with Gasteiger partial charge in [0, 0.05) is 6.42 Å². The van der Waals surface area contributed by atoms with Crippen LogP contribution >= 0.6 is 15.9 Å². The second-order valence-corrected chi connectivity index (χ2v) is 10.7. The van der Waals surface area contributed by atoms with E-state index in [1.165, 1.54) is 17.7 Å². The van der Waals surface area contributed by atoms with Gasteiger partial charge in [0.25, 0.3) is 10.0 Å². The van der Waals surface area contributed by atoms with Gasteiger partial charge in [0.15, 0.2) is 0 Å². The number of benzene rings is 3. The first kappa shape index (κ1) is 26.0. The number of ether oxygens (including phenoxy) is 1. The number of carbonyl (C=O) groups excluding carboxylic acids is 1. The van der Waals surface area contributed by atoms with E-state index in [-0.39, 0.29) is 11.3 Å². The highest BCUT2D eigenvalue weighted by Gasteiger charge is 2.30. The van der Waals surface area contributed by atoms with Crippen LogP contribution in [0.5, 0.6) is 5.75 Å². The number of halogens is 1. The van der Waals surface area contributed by atoms with Crippen molar-refractivity contribution in [3.05, 3.63) is 87.9 Å². The molecule has 3 rings (SSSR count). The maximum absolute atomic E-state index is 13.5. The Bertz CT molecular complexity index is 1220. The molecule has 0 N–H and O–H groups in total. The summed E-state index contributed by atoms with van der Waals surface area (Å²) < 4.78 is 34.5. The zero-order chi connectivity index (χ0) is 24.7. The predicted octanol–water partition coefficient (Wildman–Crippen LogP) is 6.46. The highest BCUT2D eigenvalue weighted by atomic mass is 79.9. The fraction of sp³-hybridized carbons (Fsp3) is 0.296. The van der Waals surface area contributed by atoms with Gasteiger partial charge in [-0.25, -0.2) is 12.7 Å². The number of nitrogens with zero attached hydrogens (tertiary/aromatic N) is 1. The molecule has 180 valence electrons. The van der Waals surface area contributed by atoms with Crippen molar-refractivity contribution < 1.29 is 17.9 Å². The molecular formula is C27H30BrNO4S. The van der Waals surface area contributed by atoms with E-state index in [1.807, 2.05) is 44.2 Å². The molecule has 0 fully saturated rings. The molecular weight excluding hydrogens is 514 g/mol. The van der Waals surface area contributed by atoms with Gasteiger partial charge in [-0.2, -0.15) is 0 Å². The van der Waals surface area contributed by atoms with Gasteiger partial charge >= 0.3 is 0 Å². The van der Waals surface area contributed by atoms with Crippen LogP contribution in [0.25, 0.3) is 0 Å². The molecule has 0 aliphatic rings. The second-order valence-electron chi connectivity index (χ2n) is 8.07. The number of rotatable bonds is 10. The van der Waals surface area contributed by atoms with E-state index < -0.39 is 15.9 Å². The lowest BCUT2D eigenvalue weighted by Gasteiger charge is -2.23. The Morgan fingerprint density at radius 3 is 2.12 bits per heavy atom. The first-order chi connectivity index (χ1) is 16.3. The van der Waals surface area contributed by atoms with Crippen molar-refractivity contribution in [3.8, 4) is 5.75 Å². The summed E-state index contributed by atoms with van der Waals surface area (Å²) in [6, 6.07) is 19.5. The van der Waals surface area contributed by atoms with Crippen molar-refractivity contribution >= 4 is 37.5 Å². The van der Waals surface area contributed by atoms with E-state index in [0.29, 0.717) is 24.5 Å². The first-order valence-corrected chi connectivity index (χ1v) is 13.6. The van der Waals surface area contributed by atoms with Gasteiger partial charge in [0.1, 0.15) is 5.75 Å². The van der Waals surface area contributed by atoms with Gasteiger partial charge in [0.2, 0.25) is 5.91 Å². The SMILES string of the molecule is CCc1ccc(N(C(=O)CCCOc2ccc(CC)cc2Br)S(=O)(=O)c2ccc(C)cc2)cc1. The summed E-state index contributed by atoms with van der Waals surface area (Å²) in [5.41, 5.74) is 3.54. The molecule has 7 heteroatoms. The molecule has 0 atom stereocenters. The van der Waals surface area contributed by atoms with E-state index in [1.54, 1.807) is 24.3 Å². The maximum atomic E-state index is 13.5. The molecule has 0 saturated carbocycles. The van der Waals surface area contributed by atoms with Crippen LogP contribution in [-0.2, 0) is 27.7 Å². The Labute approximate surface area is 210 Å². The third kappa shape index (κ3) is 6.27. The minimum absolute atomic E-state index is 0.0330. The van der Waals surface area contributed by atoms with Gasteiger partial charge in [0.05, 0.1) is 21.7 Å². The summed E-state index contributed by atoms with van der Waals surface area (Å²) in [6.45, 7) is 6.29. The minimum atomic E-state index is -4.06. The number of anilines is 1. The number of amides is 1. The van der Waals surface area contributed by atoms with E-state index in [4.69, 9.17) is 4.74 Å². The Kier molecular flexibility index (Phi) is 8.91. The molecule has 0 bridgehead atoms. The van der Waals surface area contributed by atoms with E-state index in [2.05, 4.69) is 22.9 Å². The summed E-state index contributed by atoms with van der Waals surface area (Å²) in [5, 5.41) is 0. The standard InChI is InChI=1S/C27H30BrNO4S/c1-4-21-10-13-23(14-11-21)29(34(31,32)24-15-8-20(3)9-16-24)27(30)7-6-18-33-26-17-12-22(5-2)19-25(26)28/h8-17,19H,4-7,18H2,1-3H3. The van der Waals surface area contributed by atoms with Crippen LogP contribution in [-0.4, -0.2) is 20.9 Å². The molecule has 0 aliphatic heterocycles. The van der Waals surface area contributed by atoms with Crippen LogP contribution < -0.4 is 9.04 Å². The quantitative estimate of drug-likeness (QED) is 0.275. The highest BCUT2D eigenvalue weighted by molar-refractivity contribution is 9.10. The summed E-state index contributed by atoms with van der Waals surface area (Å²) in [6.07, 6.45) is 2.17. The lowest BCUT2D eigenvalue weighted by Crippen LogP contribution is -2.37. The number of sulfonamides is 1. The number of hydrogen-bond acceptors (Lipinski definition) is 4. The summed E-state index contributed by atoms with van der Waals surface area (Å²) >= 11 is 3.51. The monoisotopic (exact) mass is 543 g/mol. The zero-order valence-corrected chi connectivity index (χ0v) is 22.2. The molecule has 0 saturated heterocycles. The molecule has 0 unspecified atom stereocenters. The third-order valence-electron chi connectivity index (χ3n) is 5.56. The predicted molar refractivity (Wildman–Crippen MR) is 140 cm³/mol. The molecule has 0 aliphatic carbocycles. The lowest BCUT2D eigenvalue weighted by atomic mass is 10.1. The zero-order valence-electron chi connectivity index (χ0n) is 19.8. The molecule has 0 spiro atoms. The smallest absolute Gasteiger partial charge is 0.270 e. The molecule has 3 aromatic carbocycles. The second kappa shape index (κ2) is 11.7. The van der Waals surface area contributed by atoms with Gasteiger partial charge in [-0.15, -0.1) is 0 Å². The van der Waals surface area contributed by atoms with Crippen LogP contribution in [0.4, 0.5) is 5.69 Å². The number of aryl methyl sites for hydroxylation is 3. The Morgan fingerprint density at radius 1 is 0.912 bits per heavy atom. The molecule has 0 aromatic heterocycles. The van der Waals surface area contributed by atoms with Crippen molar-refractivity contribution in [3.63, 3.8) is 0 Å². The molecule has 0 radical (unpaired) electrons. The first-order valence-electron chi connectivity index (χ1n) is 11.4. The largest absolute Gasteiger partial charge is 0.492 e. The van der Waals surface area contributed by atoms with E-state index >= 15 is 0 Å². The van der Waals surface area contributed by atoms with Gasteiger partial charge < -0.3 is 4.74 Å². The van der Waals surface area contributed by atoms with Crippen molar-refractivity contribution in [2.45, 2.75) is 51.3 Å². The fourth-order valence-corrected chi connectivity index (χ4v) is 5.48. The van der Waals surface area contributed by atoms with Gasteiger partial charge in [-0.05, 0) is 89.6 Å². The van der Waals surface area contributed by atoms with Crippen LogP contribution in [0.2, 0.25) is 0 Å². The third-order valence-corrected chi connectivity index (χ3v) is 7.94. The van der Waals surface area contributed by atoms with E-state index in [9.17, 15) is 13.2 Å². The maximum Gasteiger partial charge on any atom is 0.270 e. The summed E-state index contributed by atoms with van der Waals surface area (Å²) in [4.78, 5) is 13.3. The molecule has 34 heavy (non-hydrogen) atoms. The average Bonchev–Trinajstić information content (AvgIpc) is 2.83. The molecule has 5 nitrogen and oxygen atoms in total. The van der Waals surface area contributed by atoms with E-state index in [0.717, 1.165) is 32.7 Å². The van der Waals surface area contributed by atoms with Gasteiger partial charge in [-0.3, -0.25) is 4.79 Å². The number of carbonyl (C=O) groups is 1. The van der Waals surface area contributed by atoms with Crippen LogP contribution in [0, 0.1) is 6.92 Å². The van der Waals surface area contributed by atoms with Crippen LogP contribution in [0.3, 0.4) is 0 Å². The summed E-state index contributed by atoms with van der Waals surface area (Å²) in [5.74, 6) is 0.206. The normalized spacial score (nSPS) is 11.3. The molecule has 1 amide bonds. The average molecular weight is 545 g/mol. The van der Waals surface area contributed by atoms with Crippen LogP contribution in [0.15, 0.2) is 76.1 Å². The topological polar surface area (TPSA) is 63.7 Å². The highest BCUT2D eigenvalue weighted by Crippen LogP contribution is 2.28. The van der Waals surface area contributed by atoms with Crippen molar-refractivity contribution in [2.24, 2.45) is 0 Å². The lowest BCUT2D eigenvalue weighted by molar-refractivity contribution is -0.117. The fourth-order valence-electron chi connectivity index (χ4n) is 3.49. The number of hydrogen-bond donors (Lipinski definition) is 0. The molecule has 0 heterocycles. The van der Waals surface area contributed by atoms with Crippen molar-refractivity contribution in [1.82, 2.24) is 0 Å². The Balaban J connectivity index is 1.77.